The molecule has 0 saturated heterocycles. The third kappa shape index (κ3) is 4.17. The lowest BCUT2D eigenvalue weighted by Gasteiger charge is -2.22. The molecule has 0 aliphatic carbocycles. The number of imidazole rings is 1. The number of nitrogens with zero attached hydrogens (tertiary/aromatic N) is 1. The van der Waals surface area contributed by atoms with E-state index in [-0.39, 0.29) is 24.3 Å². The number of aromatic amines is 1. The zero-order chi connectivity index (χ0) is 19.4. The highest BCUT2D eigenvalue weighted by Gasteiger charge is 2.22. The number of aromatic nitrogens is 2. The van der Waals surface area contributed by atoms with Crippen molar-refractivity contribution in [3.63, 3.8) is 0 Å². The Morgan fingerprint density at radius 1 is 1.22 bits per heavy atom. The van der Waals surface area contributed by atoms with Crippen LogP contribution >= 0.6 is 0 Å². The van der Waals surface area contributed by atoms with Gasteiger partial charge in [-0.3, -0.25) is 4.57 Å². The molecule has 4 N–H and O–H groups in total. The molecule has 2 atom stereocenters. The third-order valence-electron chi connectivity index (χ3n) is 4.31. The molecule has 0 saturated carbocycles. The second kappa shape index (κ2) is 8.05. The molecule has 142 valence electrons. The first-order valence-corrected chi connectivity index (χ1v) is 8.62. The van der Waals surface area contributed by atoms with E-state index in [2.05, 4.69) is 15.6 Å². The van der Waals surface area contributed by atoms with Gasteiger partial charge in [-0.25, -0.2) is 14.0 Å². The van der Waals surface area contributed by atoms with Gasteiger partial charge < -0.3 is 20.7 Å². The van der Waals surface area contributed by atoms with E-state index in [1.54, 1.807) is 12.1 Å². The maximum atomic E-state index is 14.0. The lowest BCUT2D eigenvalue weighted by atomic mass is 10.0. The fraction of sp³-hybridized carbons (Fsp3) is 0.263. The fourth-order valence-corrected chi connectivity index (χ4v) is 2.99. The number of halogens is 1. The Kier molecular flexibility index (Phi) is 5.56. The molecule has 27 heavy (non-hydrogen) atoms. The number of hydrogen-bond acceptors (Lipinski definition) is 3. The minimum absolute atomic E-state index is 0.192. The van der Waals surface area contributed by atoms with Crippen molar-refractivity contribution in [3.05, 3.63) is 70.4 Å². The number of carbonyl (C=O) groups excluding carboxylic acids is 1. The Morgan fingerprint density at radius 2 is 1.93 bits per heavy atom. The molecular formula is C19H21FN4O3. The standard InChI is InChI=1S/C19H21FN4O3/c1-12(25)17(13-6-2-3-7-14(13)20)23-18(26)21-10-11-24-16-9-5-4-8-15(16)22-19(24)27/h2-9,12,17,25H,10-11H2,1H3,(H,22,27)(H2,21,23,26). The number of fused-ring (bicyclic) bond motifs is 1. The van der Waals surface area contributed by atoms with Crippen LogP contribution in [0.4, 0.5) is 9.18 Å². The summed E-state index contributed by atoms with van der Waals surface area (Å²) in [6.45, 7) is 1.94. The molecule has 3 rings (SSSR count). The van der Waals surface area contributed by atoms with Crippen molar-refractivity contribution in [2.45, 2.75) is 25.6 Å². The van der Waals surface area contributed by atoms with Crippen molar-refractivity contribution in [1.82, 2.24) is 20.2 Å². The number of aliphatic hydroxyl groups excluding tert-OH is 1. The van der Waals surface area contributed by atoms with E-state index in [0.717, 1.165) is 11.0 Å². The van der Waals surface area contributed by atoms with E-state index in [4.69, 9.17) is 0 Å². The molecular weight excluding hydrogens is 351 g/mol. The maximum absolute atomic E-state index is 14.0. The quantitative estimate of drug-likeness (QED) is 0.532. The Labute approximate surface area is 154 Å². The fourth-order valence-electron chi connectivity index (χ4n) is 2.99. The summed E-state index contributed by atoms with van der Waals surface area (Å²) in [7, 11) is 0. The number of nitrogens with one attached hydrogen (secondary N) is 3. The van der Waals surface area contributed by atoms with Gasteiger partial charge in [0.1, 0.15) is 5.82 Å². The Bertz CT molecular complexity index is 996. The van der Waals surface area contributed by atoms with Crippen LogP contribution in [0, 0.1) is 5.82 Å². The van der Waals surface area contributed by atoms with Gasteiger partial charge in [0.25, 0.3) is 0 Å². The van der Waals surface area contributed by atoms with E-state index in [1.807, 2.05) is 18.2 Å². The van der Waals surface area contributed by atoms with E-state index in [9.17, 15) is 19.1 Å². The van der Waals surface area contributed by atoms with Gasteiger partial charge in [0, 0.05) is 18.7 Å². The summed E-state index contributed by atoms with van der Waals surface area (Å²) in [6, 6.07) is 11.8. The van der Waals surface area contributed by atoms with Gasteiger partial charge in [-0.15, -0.1) is 0 Å². The van der Waals surface area contributed by atoms with Crippen LogP contribution in [-0.4, -0.2) is 33.3 Å². The summed E-state index contributed by atoms with van der Waals surface area (Å²) in [5.74, 6) is -0.506. The molecule has 7 nitrogen and oxygen atoms in total. The van der Waals surface area contributed by atoms with E-state index in [0.29, 0.717) is 0 Å². The van der Waals surface area contributed by atoms with Crippen LogP contribution in [0.15, 0.2) is 53.3 Å². The number of aliphatic hydroxyl groups is 1. The number of benzene rings is 2. The molecule has 1 heterocycles. The third-order valence-corrected chi connectivity index (χ3v) is 4.31. The number of hydrogen-bond donors (Lipinski definition) is 4. The van der Waals surface area contributed by atoms with E-state index < -0.39 is 24.0 Å². The van der Waals surface area contributed by atoms with E-state index >= 15 is 0 Å². The van der Waals surface area contributed by atoms with Crippen molar-refractivity contribution < 1.29 is 14.3 Å². The van der Waals surface area contributed by atoms with Crippen LogP contribution in [-0.2, 0) is 6.54 Å². The first-order valence-electron chi connectivity index (χ1n) is 8.62. The van der Waals surface area contributed by atoms with Gasteiger partial charge in [0.05, 0.1) is 23.2 Å². The zero-order valence-corrected chi connectivity index (χ0v) is 14.8. The molecule has 3 aromatic rings. The van der Waals surface area contributed by atoms with Crippen LogP contribution in [0.5, 0.6) is 0 Å². The molecule has 2 aromatic carbocycles. The maximum Gasteiger partial charge on any atom is 0.326 e. The number of rotatable bonds is 6. The van der Waals surface area contributed by atoms with Crippen molar-refractivity contribution in [1.29, 1.82) is 0 Å². The van der Waals surface area contributed by atoms with Crippen molar-refractivity contribution >= 4 is 17.1 Å². The van der Waals surface area contributed by atoms with Crippen molar-refractivity contribution in [2.24, 2.45) is 0 Å². The first-order chi connectivity index (χ1) is 13.0. The summed E-state index contributed by atoms with van der Waals surface area (Å²) in [4.78, 5) is 26.9. The van der Waals surface area contributed by atoms with Gasteiger partial charge >= 0.3 is 11.7 Å². The van der Waals surface area contributed by atoms with E-state index in [1.165, 1.54) is 29.7 Å². The SMILES string of the molecule is CC(O)C(NC(=O)NCCn1c(=O)[nH]c2ccccc21)c1ccccc1F. The number of carbonyl (C=O) groups is 1. The van der Waals surface area contributed by atoms with Crippen LogP contribution in [0.1, 0.15) is 18.5 Å². The molecule has 0 spiro atoms. The topological polar surface area (TPSA) is 99.1 Å². The van der Waals surface area contributed by atoms with Crippen LogP contribution in [0.3, 0.4) is 0 Å². The highest BCUT2D eigenvalue weighted by atomic mass is 19.1. The van der Waals surface area contributed by atoms with Gasteiger partial charge in [-0.1, -0.05) is 30.3 Å². The molecule has 2 unspecified atom stereocenters. The Balaban J connectivity index is 1.62. The van der Waals surface area contributed by atoms with Crippen molar-refractivity contribution in [2.75, 3.05) is 6.54 Å². The number of para-hydroxylation sites is 2. The summed E-state index contributed by atoms with van der Waals surface area (Å²) in [6.07, 6.45) is -0.983. The predicted molar refractivity (Wildman–Crippen MR) is 99.9 cm³/mol. The van der Waals surface area contributed by atoms with Crippen LogP contribution < -0.4 is 16.3 Å². The molecule has 0 aliphatic heterocycles. The zero-order valence-electron chi connectivity index (χ0n) is 14.8. The molecule has 0 fully saturated rings. The lowest BCUT2D eigenvalue weighted by molar-refractivity contribution is 0.144. The molecule has 8 heteroatoms. The molecule has 0 aliphatic rings. The van der Waals surface area contributed by atoms with Gasteiger partial charge in [0.15, 0.2) is 0 Å². The van der Waals surface area contributed by atoms with Gasteiger partial charge in [-0.05, 0) is 25.1 Å². The van der Waals surface area contributed by atoms with Crippen LogP contribution in [0.2, 0.25) is 0 Å². The average Bonchev–Trinajstić information content (AvgIpc) is 2.96. The normalized spacial score (nSPS) is 13.3. The number of urea groups is 1. The average molecular weight is 372 g/mol. The highest BCUT2D eigenvalue weighted by molar-refractivity contribution is 5.75. The summed E-state index contributed by atoms with van der Waals surface area (Å²) in [5.41, 5.74) is 1.42. The second-order valence-corrected chi connectivity index (χ2v) is 6.24. The minimum atomic E-state index is -0.983. The summed E-state index contributed by atoms with van der Waals surface area (Å²) in [5, 5.41) is 15.1. The summed E-state index contributed by atoms with van der Waals surface area (Å²) >= 11 is 0. The number of H-pyrrole nitrogens is 1. The highest BCUT2D eigenvalue weighted by Crippen LogP contribution is 2.20. The Hall–Kier alpha value is -3.13. The minimum Gasteiger partial charge on any atom is -0.391 e. The second-order valence-electron chi connectivity index (χ2n) is 6.24. The predicted octanol–water partition coefficient (Wildman–Crippen LogP) is 1.89. The molecule has 0 radical (unpaired) electrons. The van der Waals surface area contributed by atoms with Crippen molar-refractivity contribution in [3.8, 4) is 0 Å². The van der Waals surface area contributed by atoms with Gasteiger partial charge in [0.2, 0.25) is 0 Å². The monoisotopic (exact) mass is 372 g/mol. The largest absolute Gasteiger partial charge is 0.391 e. The van der Waals surface area contributed by atoms with Crippen LogP contribution in [0.25, 0.3) is 11.0 Å². The first kappa shape index (κ1) is 18.7. The number of amides is 2. The summed E-state index contributed by atoms with van der Waals surface area (Å²) < 4.78 is 15.5. The lowest BCUT2D eigenvalue weighted by Crippen LogP contribution is -2.43. The van der Waals surface area contributed by atoms with Gasteiger partial charge in [-0.2, -0.15) is 0 Å². The Morgan fingerprint density at radius 3 is 2.67 bits per heavy atom. The molecule has 1 aromatic heterocycles. The molecule has 0 bridgehead atoms. The molecule has 2 amide bonds. The smallest absolute Gasteiger partial charge is 0.326 e.